The maximum Gasteiger partial charge on any atom is 0.314 e. The highest BCUT2D eigenvalue weighted by molar-refractivity contribution is 6.32. The lowest BCUT2D eigenvalue weighted by Gasteiger charge is -2.19. The van der Waals surface area contributed by atoms with Crippen molar-refractivity contribution in [2.75, 3.05) is 6.61 Å². The lowest BCUT2D eigenvalue weighted by atomic mass is 10.1. The van der Waals surface area contributed by atoms with Crippen LogP contribution in [-0.2, 0) is 14.3 Å². The highest BCUT2D eigenvalue weighted by atomic mass is 35.5. The summed E-state index contributed by atoms with van der Waals surface area (Å²) in [7, 11) is 0. The van der Waals surface area contributed by atoms with Gasteiger partial charge < -0.3 is 15.2 Å². The quantitative estimate of drug-likeness (QED) is 0.484. The Morgan fingerprint density at radius 2 is 1.87 bits per heavy atom. The Bertz CT molecular complexity index is 639. The number of rotatable bonds is 6. The zero-order chi connectivity index (χ0) is 17.8. The molecule has 1 rings (SSSR count). The number of esters is 1. The SMILES string of the molecule is CC(C)(C)OC(=O)CC(=O)c1cc(OCC(N)=O)c(Cl)cc1F. The Kier molecular flexibility index (Phi) is 6.09. The van der Waals surface area contributed by atoms with Gasteiger partial charge in [-0.1, -0.05) is 11.6 Å². The largest absolute Gasteiger partial charge is 0.482 e. The predicted octanol–water partition coefficient (Wildman–Crippen LogP) is 2.26. The highest BCUT2D eigenvalue weighted by Gasteiger charge is 2.23. The van der Waals surface area contributed by atoms with Crippen molar-refractivity contribution in [3.05, 3.63) is 28.5 Å². The van der Waals surface area contributed by atoms with E-state index in [1.165, 1.54) is 0 Å². The molecule has 1 aromatic carbocycles. The summed E-state index contributed by atoms with van der Waals surface area (Å²) in [6, 6.07) is 1.88. The van der Waals surface area contributed by atoms with Crippen LogP contribution in [0, 0.1) is 5.82 Å². The van der Waals surface area contributed by atoms with Crippen molar-refractivity contribution in [1.29, 1.82) is 0 Å². The molecule has 0 saturated heterocycles. The molecule has 0 bridgehead atoms. The van der Waals surface area contributed by atoms with Gasteiger partial charge in [-0.25, -0.2) is 4.39 Å². The summed E-state index contributed by atoms with van der Waals surface area (Å²) in [5.41, 5.74) is 3.79. The van der Waals surface area contributed by atoms with E-state index in [0.717, 1.165) is 12.1 Å². The van der Waals surface area contributed by atoms with Crippen LogP contribution in [0.1, 0.15) is 37.6 Å². The molecule has 1 aromatic rings. The molecule has 0 unspecified atom stereocenters. The summed E-state index contributed by atoms with van der Waals surface area (Å²) >= 11 is 5.76. The number of primary amides is 1. The fourth-order valence-electron chi connectivity index (χ4n) is 1.61. The molecule has 0 radical (unpaired) electrons. The van der Waals surface area contributed by atoms with Gasteiger partial charge in [0, 0.05) is 0 Å². The fraction of sp³-hybridized carbons (Fsp3) is 0.400. The van der Waals surface area contributed by atoms with Gasteiger partial charge in [-0.3, -0.25) is 14.4 Å². The number of nitrogens with two attached hydrogens (primary N) is 1. The summed E-state index contributed by atoms with van der Waals surface area (Å²) in [5.74, 6) is -3.32. The van der Waals surface area contributed by atoms with Crippen LogP contribution < -0.4 is 10.5 Å². The molecule has 1 amide bonds. The van der Waals surface area contributed by atoms with Gasteiger partial charge in [-0.15, -0.1) is 0 Å². The van der Waals surface area contributed by atoms with E-state index in [4.69, 9.17) is 26.8 Å². The monoisotopic (exact) mass is 345 g/mol. The second-order valence-electron chi connectivity index (χ2n) is 5.70. The van der Waals surface area contributed by atoms with Gasteiger partial charge in [0.2, 0.25) is 0 Å². The summed E-state index contributed by atoms with van der Waals surface area (Å²) in [5, 5.41) is -0.127. The van der Waals surface area contributed by atoms with Crippen molar-refractivity contribution in [1.82, 2.24) is 0 Å². The fourth-order valence-corrected chi connectivity index (χ4v) is 1.81. The van der Waals surface area contributed by atoms with Crippen LogP contribution in [0.3, 0.4) is 0 Å². The van der Waals surface area contributed by atoms with E-state index in [1.54, 1.807) is 20.8 Å². The van der Waals surface area contributed by atoms with Crippen LogP contribution >= 0.6 is 11.6 Å². The van der Waals surface area contributed by atoms with E-state index in [-0.39, 0.29) is 16.3 Å². The van der Waals surface area contributed by atoms with E-state index in [1.807, 2.05) is 0 Å². The average Bonchev–Trinajstić information content (AvgIpc) is 2.34. The number of amides is 1. The number of Topliss-reactive ketones (excluding diaryl/α,β-unsaturated/α-hetero) is 1. The second-order valence-corrected chi connectivity index (χ2v) is 6.11. The Hall–Kier alpha value is -2.15. The van der Waals surface area contributed by atoms with Crippen LogP contribution in [0.5, 0.6) is 5.75 Å². The number of hydrogen-bond acceptors (Lipinski definition) is 5. The van der Waals surface area contributed by atoms with E-state index in [0.29, 0.717) is 0 Å². The molecular formula is C15H17ClFNO5. The minimum Gasteiger partial charge on any atom is -0.482 e. The Labute approximate surface area is 137 Å². The number of ether oxygens (including phenoxy) is 2. The lowest BCUT2D eigenvalue weighted by molar-refractivity contribution is -0.153. The van der Waals surface area contributed by atoms with Crippen molar-refractivity contribution in [2.45, 2.75) is 32.8 Å². The molecule has 126 valence electrons. The maximum atomic E-state index is 13.9. The maximum absolute atomic E-state index is 13.9. The van der Waals surface area contributed by atoms with E-state index in [2.05, 4.69) is 0 Å². The number of ketones is 1. The summed E-state index contributed by atoms with van der Waals surface area (Å²) in [6.07, 6.45) is -0.634. The lowest BCUT2D eigenvalue weighted by Crippen LogP contribution is -2.25. The third-order valence-electron chi connectivity index (χ3n) is 2.42. The van der Waals surface area contributed by atoms with Crippen molar-refractivity contribution < 1.29 is 28.2 Å². The van der Waals surface area contributed by atoms with Crippen LogP contribution in [0.4, 0.5) is 4.39 Å². The minimum atomic E-state index is -0.907. The number of hydrogen-bond donors (Lipinski definition) is 1. The third-order valence-corrected chi connectivity index (χ3v) is 2.71. The number of carbonyl (C=O) groups excluding carboxylic acids is 3. The van der Waals surface area contributed by atoms with Gasteiger partial charge in [0.15, 0.2) is 12.4 Å². The molecule has 0 heterocycles. The van der Waals surface area contributed by atoms with Crippen molar-refractivity contribution >= 4 is 29.3 Å². The van der Waals surface area contributed by atoms with Crippen molar-refractivity contribution in [2.24, 2.45) is 5.73 Å². The van der Waals surface area contributed by atoms with Crippen molar-refractivity contribution in [3.8, 4) is 5.75 Å². The minimum absolute atomic E-state index is 0.0839. The van der Waals surface area contributed by atoms with Crippen molar-refractivity contribution in [3.63, 3.8) is 0 Å². The first-order valence-electron chi connectivity index (χ1n) is 6.65. The molecule has 0 spiro atoms. The summed E-state index contributed by atoms with van der Waals surface area (Å²) in [4.78, 5) is 34.4. The molecule has 0 aromatic heterocycles. The molecule has 23 heavy (non-hydrogen) atoms. The van der Waals surface area contributed by atoms with Gasteiger partial charge >= 0.3 is 5.97 Å². The molecule has 2 N–H and O–H groups in total. The van der Waals surface area contributed by atoms with Crippen LogP contribution in [0.2, 0.25) is 5.02 Å². The molecule has 0 aliphatic rings. The van der Waals surface area contributed by atoms with Crippen LogP contribution in [0.25, 0.3) is 0 Å². The number of carbonyl (C=O) groups is 3. The Balaban J connectivity index is 2.93. The van der Waals surface area contributed by atoms with E-state index in [9.17, 15) is 18.8 Å². The smallest absolute Gasteiger partial charge is 0.314 e. The van der Waals surface area contributed by atoms with Crippen LogP contribution in [-0.4, -0.2) is 29.9 Å². The molecule has 0 saturated carbocycles. The average molecular weight is 346 g/mol. The molecule has 0 aliphatic carbocycles. The zero-order valence-corrected chi connectivity index (χ0v) is 13.7. The summed E-state index contributed by atoms with van der Waals surface area (Å²) < 4.78 is 23.9. The zero-order valence-electron chi connectivity index (χ0n) is 12.9. The Morgan fingerprint density at radius 3 is 2.39 bits per heavy atom. The predicted molar refractivity (Wildman–Crippen MR) is 80.9 cm³/mol. The molecule has 6 nitrogen and oxygen atoms in total. The van der Waals surface area contributed by atoms with E-state index >= 15 is 0 Å². The van der Waals surface area contributed by atoms with Gasteiger partial charge in [-0.05, 0) is 32.9 Å². The van der Waals surface area contributed by atoms with Gasteiger partial charge in [0.25, 0.3) is 5.91 Å². The topological polar surface area (TPSA) is 95.7 Å². The molecule has 8 heteroatoms. The standard InChI is InChI=1S/C15H17ClFNO5/c1-15(2,3)23-14(21)6-11(19)8-4-12(22-7-13(18)20)9(16)5-10(8)17/h4-5H,6-7H2,1-3H3,(H2,18,20). The Morgan fingerprint density at radius 1 is 1.26 bits per heavy atom. The molecule has 0 atom stereocenters. The summed E-state index contributed by atoms with van der Waals surface area (Å²) in [6.45, 7) is 4.46. The van der Waals surface area contributed by atoms with Gasteiger partial charge in [-0.2, -0.15) is 0 Å². The normalized spacial score (nSPS) is 11.0. The number of halogens is 2. The van der Waals surface area contributed by atoms with E-state index < -0.39 is 42.1 Å². The second kappa shape index (κ2) is 7.41. The molecule has 0 fully saturated rings. The van der Waals surface area contributed by atoms with Gasteiger partial charge in [0.1, 0.15) is 23.6 Å². The highest BCUT2D eigenvalue weighted by Crippen LogP contribution is 2.28. The van der Waals surface area contributed by atoms with Gasteiger partial charge in [0.05, 0.1) is 10.6 Å². The number of benzene rings is 1. The first kappa shape index (κ1) is 18.9. The third kappa shape index (κ3) is 6.23. The first-order chi connectivity index (χ1) is 10.5. The first-order valence-corrected chi connectivity index (χ1v) is 7.02. The molecule has 0 aliphatic heterocycles. The van der Waals surface area contributed by atoms with Crippen LogP contribution in [0.15, 0.2) is 12.1 Å². The molecular weight excluding hydrogens is 329 g/mol.